The number of nitriles is 1. The summed E-state index contributed by atoms with van der Waals surface area (Å²) in [7, 11) is 0. The van der Waals surface area contributed by atoms with Crippen LogP contribution in [0.4, 0.5) is 10.2 Å². The summed E-state index contributed by atoms with van der Waals surface area (Å²) in [5.41, 5.74) is 1.04. The Morgan fingerprint density at radius 1 is 1.30 bits per heavy atom. The first kappa shape index (κ1) is 14.9. The number of rotatable bonds is 4. The van der Waals surface area contributed by atoms with Crippen LogP contribution in [-0.4, -0.2) is 33.4 Å². The molecule has 1 atom stereocenters. The molecule has 1 fully saturated rings. The Morgan fingerprint density at radius 3 is 2.78 bits per heavy atom. The molecule has 3 rings (SSSR count). The number of halogens is 1. The molecular weight excluding hydrogens is 297 g/mol. The van der Waals surface area contributed by atoms with Gasteiger partial charge in [-0.3, -0.25) is 4.79 Å². The van der Waals surface area contributed by atoms with Crippen molar-refractivity contribution in [1.82, 2.24) is 14.9 Å². The van der Waals surface area contributed by atoms with Gasteiger partial charge in [0.2, 0.25) is 5.91 Å². The molecule has 0 spiro atoms. The molecule has 23 heavy (non-hydrogen) atoms. The van der Waals surface area contributed by atoms with E-state index < -0.39 is 6.04 Å². The van der Waals surface area contributed by atoms with Gasteiger partial charge in [0.05, 0.1) is 0 Å². The minimum Gasteiger partial charge on any atom is -0.356 e. The van der Waals surface area contributed by atoms with Gasteiger partial charge in [0.25, 0.3) is 0 Å². The quantitative estimate of drug-likeness (QED) is 0.929. The Morgan fingerprint density at radius 2 is 2.04 bits per heavy atom. The monoisotopic (exact) mass is 311 g/mol. The Kier molecular flexibility index (Phi) is 4.15. The zero-order valence-electron chi connectivity index (χ0n) is 12.2. The maximum Gasteiger partial charge on any atom is 0.245 e. The predicted molar refractivity (Wildman–Crippen MR) is 80.6 cm³/mol. The first-order valence-corrected chi connectivity index (χ1v) is 7.18. The number of benzene rings is 1. The van der Waals surface area contributed by atoms with Crippen LogP contribution in [0.5, 0.6) is 0 Å². The van der Waals surface area contributed by atoms with Gasteiger partial charge in [-0.2, -0.15) is 5.26 Å². The largest absolute Gasteiger partial charge is 0.356 e. The predicted octanol–water partition coefficient (Wildman–Crippen LogP) is 1.70. The average molecular weight is 311 g/mol. The van der Waals surface area contributed by atoms with E-state index in [-0.39, 0.29) is 17.4 Å². The number of nitrogens with zero attached hydrogens (tertiary/aromatic N) is 4. The van der Waals surface area contributed by atoms with Crippen LogP contribution in [-0.2, 0) is 11.3 Å². The molecule has 0 aliphatic carbocycles. The lowest BCUT2D eigenvalue weighted by Crippen LogP contribution is -2.33. The molecule has 0 bridgehead atoms. The third kappa shape index (κ3) is 3.26. The normalized spacial score (nSPS) is 17.1. The van der Waals surface area contributed by atoms with Crippen molar-refractivity contribution in [2.24, 2.45) is 0 Å². The topological polar surface area (TPSA) is 81.9 Å². The van der Waals surface area contributed by atoms with Crippen LogP contribution >= 0.6 is 0 Å². The number of nitrogens with one attached hydrogen (secondary N) is 1. The highest BCUT2D eigenvalue weighted by atomic mass is 19.1. The van der Waals surface area contributed by atoms with Crippen molar-refractivity contribution in [2.45, 2.75) is 19.0 Å². The fourth-order valence-electron chi connectivity index (χ4n) is 2.53. The van der Waals surface area contributed by atoms with Crippen LogP contribution < -0.4 is 5.32 Å². The zero-order valence-corrected chi connectivity index (χ0v) is 12.2. The Bertz CT molecular complexity index is 756. The van der Waals surface area contributed by atoms with E-state index in [9.17, 15) is 9.18 Å². The molecule has 1 amide bonds. The van der Waals surface area contributed by atoms with E-state index in [0.717, 1.165) is 5.56 Å². The van der Waals surface area contributed by atoms with Gasteiger partial charge in [-0.25, -0.2) is 14.4 Å². The summed E-state index contributed by atoms with van der Waals surface area (Å²) in [4.78, 5) is 22.1. The summed E-state index contributed by atoms with van der Waals surface area (Å²) in [6, 6.07) is 7.60. The highest BCUT2D eigenvalue weighted by Gasteiger charge is 2.32. The molecule has 1 saturated heterocycles. The van der Waals surface area contributed by atoms with Crippen molar-refractivity contribution in [3.63, 3.8) is 0 Å². The second-order valence-corrected chi connectivity index (χ2v) is 5.24. The van der Waals surface area contributed by atoms with E-state index in [4.69, 9.17) is 5.26 Å². The van der Waals surface area contributed by atoms with Gasteiger partial charge in [0.15, 0.2) is 11.5 Å². The zero-order chi connectivity index (χ0) is 16.2. The second-order valence-electron chi connectivity index (χ2n) is 5.24. The number of anilines is 1. The molecule has 0 saturated carbocycles. The number of likely N-dealkylation sites (tertiary alicyclic amines) is 1. The van der Waals surface area contributed by atoms with Gasteiger partial charge in [0, 0.05) is 25.5 Å². The van der Waals surface area contributed by atoms with E-state index in [1.165, 1.54) is 24.5 Å². The lowest BCUT2D eigenvalue weighted by Gasteiger charge is -2.17. The maximum absolute atomic E-state index is 12.9. The summed E-state index contributed by atoms with van der Waals surface area (Å²) >= 11 is 0. The average Bonchev–Trinajstić information content (AvgIpc) is 2.91. The van der Waals surface area contributed by atoms with Crippen molar-refractivity contribution in [1.29, 1.82) is 5.26 Å². The van der Waals surface area contributed by atoms with E-state index in [1.54, 1.807) is 17.0 Å². The lowest BCUT2D eigenvalue weighted by molar-refractivity contribution is -0.128. The van der Waals surface area contributed by atoms with Crippen LogP contribution in [0.25, 0.3) is 0 Å². The van der Waals surface area contributed by atoms with Crippen molar-refractivity contribution in [3.05, 3.63) is 53.7 Å². The molecular formula is C16H14FN5O. The lowest BCUT2D eigenvalue weighted by atomic mass is 10.2. The van der Waals surface area contributed by atoms with E-state index >= 15 is 0 Å². The fraction of sp³-hybridized carbons (Fsp3) is 0.250. The number of hydrogen-bond donors (Lipinski definition) is 1. The molecule has 1 unspecified atom stereocenters. The van der Waals surface area contributed by atoms with Crippen LogP contribution in [0.1, 0.15) is 17.7 Å². The summed E-state index contributed by atoms with van der Waals surface area (Å²) < 4.78 is 12.9. The minimum absolute atomic E-state index is 0.0659. The van der Waals surface area contributed by atoms with E-state index in [2.05, 4.69) is 15.3 Å². The highest BCUT2D eigenvalue weighted by Crippen LogP contribution is 2.19. The molecule has 6 nitrogen and oxygen atoms in total. The number of amides is 1. The third-order valence-electron chi connectivity index (χ3n) is 3.70. The Labute approximate surface area is 132 Å². The van der Waals surface area contributed by atoms with Crippen LogP contribution in [0.3, 0.4) is 0 Å². The van der Waals surface area contributed by atoms with Gasteiger partial charge in [0.1, 0.15) is 17.9 Å². The summed E-state index contributed by atoms with van der Waals surface area (Å²) in [6.45, 7) is 1.03. The second kappa shape index (κ2) is 6.40. The van der Waals surface area contributed by atoms with Gasteiger partial charge < -0.3 is 10.2 Å². The van der Waals surface area contributed by atoms with Crippen LogP contribution in [0.2, 0.25) is 0 Å². The Hall–Kier alpha value is -3.01. The Balaban J connectivity index is 1.67. The van der Waals surface area contributed by atoms with E-state index in [1.807, 2.05) is 6.07 Å². The smallest absolute Gasteiger partial charge is 0.245 e. The molecule has 1 aromatic heterocycles. The summed E-state index contributed by atoms with van der Waals surface area (Å²) in [5.74, 6) is -0.0476. The van der Waals surface area contributed by atoms with Gasteiger partial charge >= 0.3 is 0 Å². The third-order valence-corrected chi connectivity index (χ3v) is 3.70. The SMILES string of the molecule is N#Cc1nccnc1NC1CCN(Cc2ccc(F)cc2)C1=O. The first-order chi connectivity index (χ1) is 11.2. The number of carbonyl (C=O) groups excluding carboxylic acids is 1. The van der Waals surface area contributed by atoms with Crippen molar-refractivity contribution in [2.75, 3.05) is 11.9 Å². The van der Waals surface area contributed by atoms with Crippen LogP contribution in [0.15, 0.2) is 36.7 Å². The molecule has 1 aliphatic rings. The number of aromatic nitrogens is 2. The molecule has 2 heterocycles. The maximum atomic E-state index is 12.9. The first-order valence-electron chi connectivity index (χ1n) is 7.18. The number of hydrogen-bond acceptors (Lipinski definition) is 5. The van der Waals surface area contributed by atoms with Gasteiger partial charge in [-0.1, -0.05) is 12.1 Å². The molecule has 116 valence electrons. The minimum atomic E-state index is -0.431. The summed E-state index contributed by atoms with van der Waals surface area (Å²) in [6.07, 6.45) is 3.52. The molecule has 1 aromatic carbocycles. The van der Waals surface area contributed by atoms with E-state index in [0.29, 0.717) is 25.3 Å². The molecule has 2 aromatic rings. The molecule has 7 heteroatoms. The van der Waals surface area contributed by atoms with Crippen LogP contribution in [0, 0.1) is 17.1 Å². The molecule has 0 radical (unpaired) electrons. The van der Waals surface area contributed by atoms with Crippen molar-refractivity contribution in [3.8, 4) is 6.07 Å². The standard InChI is InChI=1S/C16H14FN5O/c17-12-3-1-11(2-4-12)10-22-8-5-13(16(22)23)21-15-14(9-18)19-6-7-20-15/h1-4,6-7,13H,5,8,10H2,(H,20,21). The highest BCUT2D eigenvalue weighted by molar-refractivity contribution is 5.86. The van der Waals surface area contributed by atoms with Gasteiger partial charge in [-0.05, 0) is 24.1 Å². The van der Waals surface area contributed by atoms with Crippen molar-refractivity contribution >= 4 is 11.7 Å². The number of carbonyl (C=O) groups is 1. The molecule has 1 aliphatic heterocycles. The summed E-state index contributed by atoms with van der Waals surface area (Å²) in [5, 5.41) is 12.0. The molecule has 1 N–H and O–H groups in total. The fourth-order valence-corrected chi connectivity index (χ4v) is 2.53. The van der Waals surface area contributed by atoms with Gasteiger partial charge in [-0.15, -0.1) is 0 Å². The van der Waals surface area contributed by atoms with Crippen molar-refractivity contribution < 1.29 is 9.18 Å².